The third-order valence-corrected chi connectivity index (χ3v) is 4.14. The van der Waals surface area contributed by atoms with E-state index >= 15 is 0 Å². The number of carbonyl (C=O) groups excluding carboxylic acids is 1. The molecular formula is C22H17N2O+. The molecule has 1 aromatic heterocycles. The summed E-state index contributed by atoms with van der Waals surface area (Å²) >= 11 is 0. The van der Waals surface area contributed by atoms with Crippen molar-refractivity contribution in [1.82, 2.24) is 0 Å². The number of hydrogen-bond donors (Lipinski definition) is 1. The summed E-state index contributed by atoms with van der Waals surface area (Å²) in [4.78, 5) is 12.6. The predicted molar refractivity (Wildman–Crippen MR) is 99.7 cm³/mol. The first-order valence-corrected chi connectivity index (χ1v) is 8.17. The summed E-state index contributed by atoms with van der Waals surface area (Å²) in [6.07, 6.45) is 1.96. The third-order valence-electron chi connectivity index (χ3n) is 4.14. The van der Waals surface area contributed by atoms with Gasteiger partial charge in [-0.3, -0.25) is 4.79 Å². The first kappa shape index (κ1) is 15.1. The van der Waals surface area contributed by atoms with E-state index in [4.69, 9.17) is 0 Å². The number of pyridine rings is 1. The predicted octanol–water partition coefficient (Wildman–Crippen LogP) is 4.18. The Hall–Kier alpha value is -3.46. The lowest BCUT2D eigenvalue weighted by Crippen LogP contribution is -2.49. The van der Waals surface area contributed by atoms with E-state index < -0.39 is 0 Å². The number of hydrogen-bond acceptors (Lipinski definition) is 1. The van der Waals surface area contributed by atoms with Crippen molar-refractivity contribution in [3.05, 3.63) is 103 Å². The minimum Gasteiger partial charge on any atom is -0.264 e. The lowest BCUT2D eigenvalue weighted by Gasteiger charge is -2.07. The molecule has 0 fully saturated rings. The molecule has 0 atom stereocenters. The first-order chi connectivity index (χ1) is 12.3. The zero-order chi connectivity index (χ0) is 17.1. The number of fused-ring (bicyclic) bond motifs is 1. The van der Waals surface area contributed by atoms with E-state index in [0.717, 1.165) is 22.0 Å². The Labute approximate surface area is 146 Å². The maximum Gasteiger partial charge on any atom is 0.305 e. The molecule has 1 amide bonds. The molecule has 4 aromatic rings. The maximum absolute atomic E-state index is 12.6. The number of aromatic nitrogens is 1. The van der Waals surface area contributed by atoms with Crippen molar-refractivity contribution in [3.63, 3.8) is 0 Å². The van der Waals surface area contributed by atoms with Gasteiger partial charge in [-0.05, 0) is 35.7 Å². The van der Waals surface area contributed by atoms with Crippen molar-refractivity contribution in [2.75, 3.05) is 5.43 Å². The molecule has 120 valence electrons. The average molecular weight is 325 g/mol. The maximum atomic E-state index is 12.6. The zero-order valence-corrected chi connectivity index (χ0v) is 13.6. The molecule has 25 heavy (non-hydrogen) atoms. The van der Waals surface area contributed by atoms with E-state index in [-0.39, 0.29) is 5.91 Å². The quantitative estimate of drug-likeness (QED) is 0.563. The molecule has 0 spiro atoms. The largest absolute Gasteiger partial charge is 0.305 e. The van der Waals surface area contributed by atoms with Crippen molar-refractivity contribution in [1.29, 1.82) is 0 Å². The second-order valence-corrected chi connectivity index (χ2v) is 5.83. The lowest BCUT2D eigenvalue weighted by atomic mass is 10.1. The highest BCUT2D eigenvalue weighted by atomic mass is 16.2. The van der Waals surface area contributed by atoms with Gasteiger partial charge in [0.25, 0.3) is 0 Å². The number of amides is 1. The van der Waals surface area contributed by atoms with Crippen LogP contribution in [-0.2, 0) is 0 Å². The van der Waals surface area contributed by atoms with Gasteiger partial charge in [-0.15, -0.1) is 5.43 Å². The van der Waals surface area contributed by atoms with Crippen LogP contribution in [0.1, 0.15) is 10.4 Å². The van der Waals surface area contributed by atoms with Crippen LogP contribution in [0.4, 0.5) is 0 Å². The van der Waals surface area contributed by atoms with Crippen LogP contribution in [0.5, 0.6) is 0 Å². The monoisotopic (exact) mass is 325 g/mol. The molecule has 3 aromatic carbocycles. The van der Waals surface area contributed by atoms with Crippen LogP contribution in [0.2, 0.25) is 0 Å². The summed E-state index contributed by atoms with van der Waals surface area (Å²) in [5.74, 6) is -0.141. The summed E-state index contributed by atoms with van der Waals surface area (Å²) in [5.41, 5.74) is 5.60. The average Bonchev–Trinajstić information content (AvgIpc) is 2.69. The van der Waals surface area contributed by atoms with Crippen LogP contribution >= 0.6 is 0 Å². The number of carbonyl (C=O) groups is 1. The number of nitrogens with zero attached hydrogens (tertiary/aromatic N) is 1. The van der Waals surface area contributed by atoms with E-state index in [0.29, 0.717) is 5.56 Å². The van der Waals surface area contributed by atoms with E-state index in [2.05, 4.69) is 17.6 Å². The number of nitrogens with one attached hydrogen (secondary N) is 1. The molecule has 0 bridgehead atoms. The van der Waals surface area contributed by atoms with Gasteiger partial charge in [0.15, 0.2) is 0 Å². The summed E-state index contributed by atoms with van der Waals surface area (Å²) < 4.78 is 1.80. The highest BCUT2D eigenvalue weighted by Crippen LogP contribution is 2.20. The van der Waals surface area contributed by atoms with Crippen molar-refractivity contribution in [2.45, 2.75) is 0 Å². The fraction of sp³-hybridized carbons (Fsp3) is 0. The van der Waals surface area contributed by atoms with Crippen LogP contribution in [0.3, 0.4) is 0 Å². The molecule has 0 saturated carbocycles. The SMILES string of the molecule is O=C(N[n+]1cc2ccccc2cc1-c1ccccc1)c1ccccc1. The van der Waals surface area contributed by atoms with Gasteiger partial charge < -0.3 is 0 Å². The minimum atomic E-state index is -0.141. The molecule has 0 aliphatic carbocycles. The van der Waals surface area contributed by atoms with E-state index in [9.17, 15) is 4.79 Å². The Bertz CT molecular complexity index is 1030. The van der Waals surface area contributed by atoms with Crippen molar-refractivity contribution >= 4 is 16.7 Å². The molecule has 3 heteroatoms. The number of benzene rings is 3. The van der Waals surface area contributed by atoms with Gasteiger partial charge in [-0.1, -0.05) is 59.3 Å². The Kier molecular flexibility index (Phi) is 3.97. The van der Waals surface area contributed by atoms with Crippen LogP contribution in [-0.4, -0.2) is 5.91 Å². The van der Waals surface area contributed by atoms with Crippen molar-refractivity contribution < 1.29 is 9.47 Å². The second kappa shape index (κ2) is 6.57. The Morgan fingerprint density at radius 1 is 0.720 bits per heavy atom. The molecule has 0 unspecified atom stereocenters. The van der Waals surface area contributed by atoms with Crippen molar-refractivity contribution in [3.8, 4) is 11.3 Å². The fourth-order valence-electron chi connectivity index (χ4n) is 2.87. The van der Waals surface area contributed by atoms with E-state index in [1.807, 2.05) is 72.9 Å². The summed E-state index contributed by atoms with van der Waals surface area (Å²) in [7, 11) is 0. The molecule has 1 N–H and O–H groups in total. The molecule has 3 nitrogen and oxygen atoms in total. The van der Waals surface area contributed by atoms with Gasteiger partial charge in [-0.25, -0.2) is 0 Å². The highest BCUT2D eigenvalue weighted by Gasteiger charge is 2.18. The Balaban J connectivity index is 1.82. The Morgan fingerprint density at radius 2 is 1.32 bits per heavy atom. The van der Waals surface area contributed by atoms with Crippen LogP contribution in [0, 0.1) is 0 Å². The highest BCUT2D eigenvalue weighted by molar-refractivity contribution is 5.99. The topological polar surface area (TPSA) is 33.0 Å². The molecule has 1 heterocycles. The van der Waals surface area contributed by atoms with Crippen LogP contribution in [0.15, 0.2) is 97.2 Å². The zero-order valence-electron chi connectivity index (χ0n) is 13.6. The van der Waals surface area contributed by atoms with Gasteiger partial charge in [0.05, 0.1) is 0 Å². The molecule has 0 aliphatic heterocycles. The molecule has 0 radical (unpaired) electrons. The summed E-state index contributed by atoms with van der Waals surface area (Å²) in [6.45, 7) is 0. The standard InChI is InChI=1S/C22H16N2O/c25-22(18-11-5-2-6-12-18)23-24-16-20-14-8-7-13-19(20)15-21(24)17-9-3-1-4-10-17/h1-16H/p+1. The molecule has 0 aliphatic rings. The third kappa shape index (κ3) is 3.12. The van der Waals surface area contributed by atoms with Gasteiger partial charge in [0.2, 0.25) is 11.9 Å². The van der Waals surface area contributed by atoms with Crippen molar-refractivity contribution in [2.24, 2.45) is 0 Å². The normalized spacial score (nSPS) is 10.6. The van der Waals surface area contributed by atoms with E-state index in [1.54, 1.807) is 16.8 Å². The lowest BCUT2D eigenvalue weighted by molar-refractivity contribution is -0.628. The fourth-order valence-corrected chi connectivity index (χ4v) is 2.87. The van der Waals surface area contributed by atoms with E-state index in [1.165, 1.54) is 0 Å². The summed E-state index contributed by atoms with van der Waals surface area (Å²) in [6, 6.07) is 29.5. The summed E-state index contributed by atoms with van der Waals surface area (Å²) in [5, 5.41) is 2.20. The van der Waals surface area contributed by atoms with Crippen LogP contribution < -0.4 is 10.1 Å². The van der Waals surface area contributed by atoms with Gasteiger partial charge in [0, 0.05) is 22.6 Å². The molecular weight excluding hydrogens is 308 g/mol. The van der Waals surface area contributed by atoms with Gasteiger partial charge >= 0.3 is 5.91 Å². The molecule has 4 rings (SSSR count). The van der Waals surface area contributed by atoms with Crippen LogP contribution in [0.25, 0.3) is 22.0 Å². The smallest absolute Gasteiger partial charge is 0.264 e. The molecule has 0 saturated heterocycles. The first-order valence-electron chi connectivity index (χ1n) is 8.17. The number of rotatable bonds is 3. The van der Waals surface area contributed by atoms with Gasteiger partial charge in [-0.2, -0.15) is 0 Å². The Morgan fingerprint density at radius 3 is 2.04 bits per heavy atom. The second-order valence-electron chi connectivity index (χ2n) is 5.83. The minimum absolute atomic E-state index is 0.141. The van der Waals surface area contributed by atoms with Gasteiger partial charge in [0.1, 0.15) is 0 Å².